The number of hydrogen-bond donors (Lipinski definition) is 2. The van der Waals surface area contributed by atoms with Crippen molar-refractivity contribution in [3.8, 4) is 11.3 Å². The van der Waals surface area contributed by atoms with Gasteiger partial charge in [-0.25, -0.2) is 13.2 Å². The summed E-state index contributed by atoms with van der Waals surface area (Å²) in [7, 11) is -3.08. The maximum Gasteiger partial charge on any atom is 0.353 e. The van der Waals surface area contributed by atoms with Crippen LogP contribution in [-0.2, 0) is 15.3 Å². The Hall–Kier alpha value is -2.15. The van der Waals surface area contributed by atoms with Crippen molar-refractivity contribution in [3.63, 3.8) is 0 Å². The summed E-state index contributed by atoms with van der Waals surface area (Å²) in [6.45, 7) is 3.75. The van der Waals surface area contributed by atoms with Crippen LogP contribution < -0.4 is 0 Å². The van der Waals surface area contributed by atoms with E-state index in [0.717, 1.165) is 11.1 Å². The van der Waals surface area contributed by atoms with Crippen molar-refractivity contribution < 1.29 is 18.3 Å². The van der Waals surface area contributed by atoms with E-state index >= 15 is 0 Å². The van der Waals surface area contributed by atoms with Crippen LogP contribution >= 0.6 is 0 Å². The number of nitrogens with one attached hydrogen (secondary N) is 1. The number of H-pyrrole nitrogens is 1. The van der Waals surface area contributed by atoms with Crippen molar-refractivity contribution >= 4 is 15.8 Å². The van der Waals surface area contributed by atoms with E-state index in [1.165, 1.54) is 12.3 Å². The topological polar surface area (TPSA) is 100 Å². The van der Waals surface area contributed by atoms with Gasteiger partial charge in [-0.15, -0.1) is 0 Å². The first kappa shape index (κ1) is 16.2. The fraction of sp³-hybridized carbons (Fsp3) is 0.333. The van der Waals surface area contributed by atoms with Crippen LogP contribution in [0.15, 0.2) is 30.3 Å². The number of nitrogens with zero attached hydrogens (tertiary/aromatic N) is 1. The van der Waals surface area contributed by atoms with E-state index in [1.807, 2.05) is 26.0 Å². The molecule has 6 nitrogen and oxygen atoms in total. The van der Waals surface area contributed by atoms with Crippen molar-refractivity contribution in [3.05, 3.63) is 41.6 Å². The van der Waals surface area contributed by atoms with Crippen molar-refractivity contribution in [1.82, 2.24) is 10.2 Å². The number of rotatable bonds is 5. The van der Waals surface area contributed by atoms with E-state index in [1.54, 1.807) is 12.1 Å². The summed E-state index contributed by atoms with van der Waals surface area (Å²) in [5, 5.41) is 15.3. The number of sulfone groups is 1. The number of carboxylic acids is 1. The highest BCUT2D eigenvalue weighted by molar-refractivity contribution is 7.90. The van der Waals surface area contributed by atoms with E-state index in [-0.39, 0.29) is 11.4 Å². The third-order valence-electron chi connectivity index (χ3n) is 3.39. The van der Waals surface area contributed by atoms with Crippen LogP contribution in [0.5, 0.6) is 0 Å². The SMILES string of the molecule is CC(C)(CS(C)(=O)=O)c1ccc(-c2cc(C(=O)O)[nH]n2)cc1. The van der Waals surface area contributed by atoms with Crippen molar-refractivity contribution in [2.75, 3.05) is 12.0 Å². The molecule has 22 heavy (non-hydrogen) atoms. The number of carboxylic acid groups (broad SMARTS) is 1. The van der Waals surface area contributed by atoms with Crippen LogP contribution in [0.2, 0.25) is 0 Å². The monoisotopic (exact) mass is 322 g/mol. The average molecular weight is 322 g/mol. The summed E-state index contributed by atoms with van der Waals surface area (Å²) < 4.78 is 23.0. The van der Waals surface area contributed by atoms with Gasteiger partial charge >= 0.3 is 5.97 Å². The number of aromatic nitrogens is 2. The molecule has 0 aliphatic carbocycles. The first-order valence-corrected chi connectivity index (χ1v) is 8.72. The highest BCUT2D eigenvalue weighted by Gasteiger charge is 2.25. The molecule has 0 radical (unpaired) electrons. The smallest absolute Gasteiger partial charge is 0.353 e. The Bertz CT molecular complexity index is 789. The van der Waals surface area contributed by atoms with Crippen molar-refractivity contribution in [2.45, 2.75) is 19.3 Å². The molecule has 0 saturated carbocycles. The molecular weight excluding hydrogens is 304 g/mol. The van der Waals surface area contributed by atoms with Gasteiger partial charge in [-0.1, -0.05) is 38.1 Å². The number of aromatic carboxylic acids is 1. The van der Waals surface area contributed by atoms with E-state index in [2.05, 4.69) is 10.2 Å². The first-order valence-electron chi connectivity index (χ1n) is 6.66. The fourth-order valence-corrected chi connectivity index (χ4v) is 3.89. The van der Waals surface area contributed by atoms with Gasteiger partial charge in [-0.05, 0) is 11.6 Å². The second kappa shape index (κ2) is 5.57. The molecule has 7 heteroatoms. The third-order valence-corrected chi connectivity index (χ3v) is 4.64. The molecule has 1 aromatic carbocycles. The van der Waals surface area contributed by atoms with Gasteiger partial charge in [-0.3, -0.25) is 5.10 Å². The Kier molecular flexibility index (Phi) is 4.10. The highest BCUT2D eigenvalue weighted by Crippen LogP contribution is 2.27. The minimum Gasteiger partial charge on any atom is -0.477 e. The first-order chi connectivity index (χ1) is 10.1. The Morgan fingerprint density at radius 2 is 1.86 bits per heavy atom. The molecule has 0 atom stereocenters. The van der Waals surface area contributed by atoms with Gasteiger partial charge in [0.25, 0.3) is 0 Å². The molecule has 0 spiro atoms. The number of benzene rings is 1. The Balaban J connectivity index is 2.28. The lowest BCUT2D eigenvalue weighted by atomic mass is 9.86. The maximum absolute atomic E-state index is 11.5. The molecule has 0 aliphatic rings. The van der Waals surface area contributed by atoms with Gasteiger partial charge in [0.2, 0.25) is 0 Å². The normalized spacial score (nSPS) is 12.3. The molecule has 0 saturated heterocycles. The minimum absolute atomic E-state index is 0.0245. The zero-order valence-electron chi connectivity index (χ0n) is 12.6. The van der Waals surface area contributed by atoms with E-state index < -0.39 is 21.2 Å². The lowest BCUT2D eigenvalue weighted by Crippen LogP contribution is -2.27. The molecule has 1 heterocycles. The van der Waals surface area contributed by atoms with Crippen LogP contribution in [0.25, 0.3) is 11.3 Å². The van der Waals surface area contributed by atoms with Crippen molar-refractivity contribution in [1.29, 1.82) is 0 Å². The quantitative estimate of drug-likeness (QED) is 0.878. The summed E-state index contributed by atoms with van der Waals surface area (Å²) in [6.07, 6.45) is 1.22. The largest absolute Gasteiger partial charge is 0.477 e. The van der Waals surface area contributed by atoms with E-state index in [0.29, 0.717) is 5.69 Å². The third kappa shape index (κ3) is 3.73. The Morgan fingerprint density at radius 1 is 1.27 bits per heavy atom. The summed E-state index contributed by atoms with van der Waals surface area (Å²) in [6, 6.07) is 8.76. The zero-order valence-corrected chi connectivity index (χ0v) is 13.4. The van der Waals surface area contributed by atoms with Crippen LogP contribution in [0.3, 0.4) is 0 Å². The zero-order chi connectivity index (χ0) is 16.5. The second-order valence-corrected chi connectivity index (χ2v) is 8.14. The van der Waals surface area contributed by atoms with Gasteiger partial charge in [0.15, 0.2) is 0 Å². The summed E-state index contributed by atoms with van der Waals surface area (Å²) in [5.74, 6) is -1.00. The molecule has 2 N–H and O–H groups in total. The van der Waals surface area contributed by atoms with Gasteiger partial charge in [-0.2, -0.15) is 5.10 Å². The average Bonchev–Trinajstić information content (AvgIpc) is 2.85. The summed E-state index contributed by atoms with van der Waals surface area (Å²) >= 11 is 0. The summed E-state index contributed by atoms with van der Waals surface area (Å²) in [4.78, 5) is 10.8. The fourth-order valence-electron chi connectivity index (χ4n) is 2.41. The lowest BCUT2D eigenvalue weighted by molar-refractivity contribution is 0.0690. The van der Waals surface area contributed by atoms with Crippen molar-refractivity contribution in [2.24, 2.45) is 0 Å². The van der Waals surface area contributed by atoms with Gasteiger partial charge in [0.05, 0.1) is 11.4 Å². The molecule has 118 valence electrons. The minimum atomic E-state index is -3.08. The van der Waals surface area contributed by atoms with Gasteiger partial charge in [0, 0.05) is 17.2 Å². The number of aromatic amines is 1. The van der Waals surface area contributed by atoms with Gasteiger partial charge < -0.3 is 5.11 Å². The predicted octanol–water partition coefficient (Wildman–Crippen LogP) is 2.10. The molecule has 0 bridgehead atoms. The molecular formula is C15H18N2O4S. The van der Waals surface area contributed by atoms with E-state index in [4.69, 9.17) is 5.11 Å². The van der Waals surface area contributed by atoms with Gasteiger partial charge in [0.1, 0.15) is 15.5 Å². The lowest BCUT2D eigenvalue weighted by Gasteiger charge is -2.24. The van der Waals surface area contributed by atoms with E-state index in [9.17, 15) is 13.2 Å². The number of hydrogen-bond acceptors (Lipinski definition) is 4. The Morgan fingerprint density at radius 3 is 2.32 bits per heavy atom. The maximum atomic E-state index is 11.5. The molecule has 0 aliphatic heterocycles. The highest BCUT2D eigenvalue weighted by atomic mass is 32.2. The predicted molar refractivity (Wildman–Crippen MR) is 83.7 cm³/mol. The summed E-state index contributed by atoms with van der Waals surface area (Å²) in [5.41, 5.74) is 1.73. The molecule has 1 aromatic heterocycles. The molecule has 2 aromatic rings. The Labute approximate surface area is 129 Å². The molecule has 0 amide bonds. The number of carbonyl (C=O) groups is 1. The van der Waals surface area contributed by atoms with Crippen LogP contribution in [0, 0.1) is 0 Å². The molecule has 2 rings (SSSR count). The van der Waals surface area contributed by atoms with Crippen LogP contribution in [0.1, 0.15) is 29.9 Å². The van der Waals surface area contributed by atoms with Crippen LogP contribution in [0.4, 0.5) is 0 Å². The standard InChI is InChI=1S/C15H18N2O4S/c1-15(2,9-22(3,20)21)11-6-4-10(5-7-11)12-8-13(14(18)19)17-16-12/h4-8H,9H2,1-3H3,(H,16,17)(H,18,19). The molecule has 0 fully saturated rings. The van der Waals surface area contributed by atoms with Crippen LogP contribution in [-0.4, -0.2) is 41.7 Å². The second-order valence-electron chi connectivity index (χ2n) is 6.00. The molecule has 0 unspecified atom stereocenters.